The zero-order valence-corrected chi connectivity index (χ0v) is 33.2. The maximum absolute atomic E-state index is 3.51. The lowest BCUT2D eigenvalue weighted by atomic mass is 10.0. The Morgan fingerprint density at radius 3 is 1.06 bits per heavy atom. The Morgan fingerprint density at radius 1 is 0.444 bits per heavy atom. The smallest absolute Gasteiger partial charge is 0.0541 e. The van der Waals surface area contributed by atoms with Gasteiger partial charge in [-0.3, -0.25) is 0 Å². The summed E-state index contributed by atoms with van der Waals surface area (Å²) in [6.07, 6.45) is 14.9. The van der Waals surface area contributed by atoms with E-state index < -0.39 is 0 Å². The number of hydrogen-bond donors (Lipinski definition) is 0. The molecule has 2 nitrogen and oxygen atoms in total. The Balaban J connectivity index is 0.000000349. The third-order valence-corrected chi connectivity index (χ3v) is 8.71. The standard InChI is InChI=1S/C36H24N2.2C6H10.2C2H6/c1-5-19-33-29(15-1)30-16-2-6-20-34(30)37(33)27-13-9-11-25(23-27)26-12-10-14-28(24-26)38-35-21-7-3-17-31(35)32-18-4-8-22-36(32)38;2*1-3-5-6-4-2;2*1-2/h1-24H;3-6H,1-2H3;3,5-6H,1,4H2,2H3;2*1-2H3/b;5-3-,6-4-;6-5-;;. The number of fused-ring (bicyclic) bond motifs is 6. The minimum atomic E-state index is 1.10. The molecule has 0 saturated heterocycles. The fraction of sp³-hybridized carbons (Fsp3) is 0.154. The van der Waals surface area contributed by atoms with Crippen molar-refractivity contribution in [1.29, 1.82) is 0 Å². The van der Waals surface area contributed by atoms with E-state index in [4.69, 9.17) is 0 Å². The Bertz CT molecular complexity index is 2190. The van der Waals surface area contributed by atoms with Crippen LogP contribution < -0.4 is 0 Å². The van der Waals surface area contributed by atoms with Crippen molar-refractivity contribution in [2.24, 2.45) is 0 Å². The molecule has 0 N–H and O–H groups in total. The number of benzene rings is 6. The Hall–Kier alpha value is -6.12. The number of rotatable bonds is 6. The Kier molecular flexibility index (Phi) is 16.1. The molecule has 0 aliphatic rings. The molecule has 0 unspecified atom stereocenters. The van der Waals surface area contributed by atoms with E-state index in [1.165, 1.54) is 66.1 Å². The van der Waals surface area contributed by atoms with Gasteiger partial charge < -0.3 is 9.13 Å². The summed E-state index contributed by atoms with van der Waals surface area (Å²) in [6.45, 7) is 17.6. The van der Waals surface area contributed by atoms with Crippen molar-refractivity contribution in [3.63, 3.8) is 0 Å². The fourth-order valence-electron chi connectivity index (χ4n) is 6.51. The average Bonchev–Trinajstić information content (AvgIpc) is 3.77. The van der Waals surface area contributed by atoms with Gasteiger partial charge in [-0.15, -0.1) is 0 Å². The third kappa shape index (κ3) is 9.26. The van der Waals surface area contributed by atoms with E-state index in [0.29, 0.717) is 0 Å². The van der Waals surface area contributed by atoms with Crippen LogP contribution in [0, 0.1) is 0 Å². The molecule has 0 spiro atoms. The molecule has 6 aromatic carbocycles. The van der Waals surface area contributed by atoms with Crippen LogP contribution >= 0.6 is 0 Å². The molecule has 0 fully saturated rings. The molecule has 0 aliphatic heterocycles. The topological polar surface area (TPSA) is 9.86 Å². The molecular formula is C52H56N2. The highest BCUT2D eigenvalue weighted by Crippen LogP contribution is 2.35. The molecule has 0 bridgehead atoms. The van der Waals surface area contributed by atoms with E-state index in [1.54, 1.807) is 6.08 Å². The summed E-state index contributed by atoms with van der Waals surface area (Å²) in [5.41, 5.74) is 9.65. The van der Waals surface area contributed by atoms with Crippen LogP contribution in [-0.4, -0.2) is 9.13 Å². The van der Waals surface area contributed by atoms with Gasteiger partial charge in [0.1, 0.15) is 0 Å². The molecule has 8 aromatic rings. The van der Waals surface area contributed by atoms with Crippen LogP contribution in [0.4, 0.5) is 0 Å². The first-order valence-corrected chi connectivity index (χ1v) is 19.4. The minimum absolute atomic E-state index is 1.10. The molecule has 54 heavy (non-hydrogen) atoms. The lowest BCUT2D eigenvalue weighted by Gasteiger charge is -2.12. The van der Waals surface area contributed by atoms with Gasteiger partial charge in [-0.05, 0) is 79.9 Å². The molecule has 0 radical (unpaired) electrons. The van der Waals surface area contributed by atoms with Crippen LogP contribution in [0.15, 0.2) is 195 Å². The van der Waals surface area contributed by atoms with Crippen molar-refractivity contribution in [2.75, 3.05) is 0 Å². The van der Waals surface area contributed by atoms with Crippen molar-refractivity contribution in [2.45, 2.75) is 54.9 Å². The van der Waals surface area contributed by atoms with Crippen molar-refractivity contribution in [1.82, 2.24) is 9.13 Å². The van der Waals surface area contributed by atoms with Gasteiger partial charge in [0, 0.05) is 32.9 Å². The van der Waals surface area contributed by atoms with Gasteiger partial charge in [0.05, 0.1) is 22.1 Å². The number of aromatic nitrogens is 2. The molecule has 274 valence electrons. The van der Waals surface area contributed by atoms with Crippen LogP contribution in [0.5, 0.6) is 0 Å². The normalized spacial score (nSPS) is 10.8. The van der Waals surface area contributed by atoms with Gasteiger partial charge in [-0.1, -0.05) is 181 Å². The highest BCUT2D eigenvalue weighted by Gasteiger charge is 2.14. The van der Waals surface area contributed by atoms with Crippen LogP contribution in [0.1, 0.15) is 54.9 Å². The molecule has 0 saturated carbocycles. The number of para-hydroxylation sites is 4. The van der Waals surface area contributed by atoms with Gasteiger partial charge in [0.2, 0.25) is 0 Å². The Labute approximate surface area is 323 Å². The van der Waals surface area contributed by atoms with Gasteiger partial charge >= 0.3 is 0 Å². The predicted molar refractivity (Wildman–Crippen MR) is 243 cm³/mol. The van der Waals surface area contributed by atoms with Crippen molar-refractivity contribution in [3.8, 4) is 22.5 Å². The monoisotopic (exact) mass is 708 g/mol. The SMILES string of the molecule is C/C=C\C=C/C.C=C/C=C\CC.CC.CC.c1cc(-c2cccc(-n3c4ccccc4c4ccccc43)c2)cc(-n2c3ccccc3c3ccccc32)c1. The van der Waals surface area contributed by atoms with Crippen LogP contribution in [0.2, 0.25) is 0 Å². The number of allylic oxidation sites excluding steroid dienone is 7. The number of hydrogen-bond acceptors (Lipinski definition) is 0. The summed E-state index contributed by atoms with van der Waals surface area (Å²) in [7, 11) is 0. The van der Waals surface area contributed by atoms with E-state index in [0.717, 1.165) is 6.42 Å². The van der Waals surface area contributed by atoms with Gasteiger partial charge in [0.25, 0.3) is 0 Å². The van der Waals surface area contributed by atoms with E-state index in [2.05, 4.69) is 174 Å². The molecule has 0 amide bonds. The molecule has 2 heterocycles. The lowest BCUT2D eigenvalue weighted by molar-refractivity contribution is 1.17. The zero-order chi connectivity index (χ0) is 38.7. The quantitative estimate of drug-likeness (QED) is 0.152. The van der Waals surface area contributed by atoms with Crippen molar-refractivity contribution >= 4 is 43.6 Å². The second-order valence-corrected chi connectivity index (χ2v) is 12.0. The second-order valence-electron chi connectivity index (χ2n) is 12.0. The fourth-order valence-corrected chi connectivity index (χ4v) is 6.51. The third-order valence-electron chi connectivity index (χ3n) is 8.71. The molecule has 2 heteroatoms. The highest BCUT2D eigenvalue weighted by molar-refractivity contribution is 6.10. The van der Waals surface area contributed by atoms with Crippen molar-refractivity contribution < 1.29 is 0 Å². The van der Waals surface area contributed by atoms with Crippen LogP contribution in [0.3, 0.4) is 0 Å². The average molecular weight is 709 g/mol. The van der Waals surface area contributed by atoms with Crippen molar-refractivity contribution in [3.05, 3.63) is 195 Å². The second kappa shape index (κ2) is 21.4. The van der Waals surface area contributed by atoms with Gasteiger partial charge in [-0.25, -0.2) is 0 Å². The van der Waals surface area contributed by atoms with E-state index in [-0.39, 0.29) is 0 Å². The summed E-state index contributed by atoms with van der Waals surface area (Å²) in [5.74, 6) is 0. The minimum Gasteiger partial charge on any atom is -0.309 e. The molecular weight excluding hydrogens is 653 g/mol. The lowest BCUT2D eigenvalue weighted by Crippen LogP contribution is -1.95. The van der Waals surface area contributed by atoms with Gasteiger partial charge in [-0.2, -0.15) is 0 Å². The van der Waals surface area contributed by atoms with E-state index >= 15 is 0 Å². The summed E-state index contributed by atoms with van der Waals surface area (Å²) in [4.78, 5) is 0. The predicted octanol–water partition coefficient (Wildman–Crippen LogP) is 15.9. The maximum Gasteiger partial charge on any atom is 0.0541 e. The highest BCUT2D eigenvalue weighted by atomic mass is 15.0. The molecule has 0 aliphatic carbocycles. The first-order chi connectivity index (χ1) is 26.7. The van der Waals surface area contributed by atoms with E-state index in [1.807, 2.05) is 71.9 Å². The first kappa shape index (κ1) is 40.6. The number of nitrogens with zero attached hydrogens (tertiary/aromatic N) is 2. The maximum atomic E-state index is 3.51. The van der Waals surface area contributed by atoms with E-state index in [9.17, 15) is 0 Å². The Morgan fingerprint density at radius 2 is 0.778 bits per heavy atom. The largest absolute Gasteiger partial charge is 0.309 e. The zero-order valence-electron chi connectivity index (χ0n) is 33.2. The summed E-state index contributed by atoms with van der Waals surface area (Å²) in [5, 5.41) is 5.12. The van der Waals surface area contributed by atoms with Crippen LogP contribution in [0.25, 0.3) is 66.1 Å². The summed E-state index contributed by atoms with van der Waals surface area (Å²) < 4.78 is 4.76. The first-order valence-electron chi connectivity index (χ1n) is 19.4. The molecule has 8 rings (SSSR count). The van der Waals surface area contributed by atoms with Gasteiger partial charge in [0.15, 0.2) is 0 Å². The molecule has 2 aromatic heterocycles. The summed E-state index contributed by atoms with van der Waals surface area (Å²) in [6, 6.07) is 52.5. The molecule has 0 atom stereocenters. The summed E-state index contributed by atoms with van der Waals surface area (Å²) >= 11 is 0. The van der Waals surface area contributed by atoms with Crippen LogP contribution in [-0.2, 0) is 0 Å².